The van der Waals surface area contributed by atoms with E-state index >= 15 is 0 Å². The lowest BCUT2D eigenvalue weighted by Gasteiger charge is -2.05. The molecule has 20 heavy (non-hydrogen) atoms. The van der Waals surface area contributed by atoms with E-state index in [1.807, 2.05) is 0 Å². The highest BCUT2D eigenvalue weighted by atomic mass is 35.5. The van der Waals surface area contributed by atoms with Gasteiger partial charge in [-0.1, -0.05) is 40.9 Å². The number of hydrogen-bond acceptors (Lipinski definition) is 2. The van der Waals surface area contributed by atoms with Crippen LogP contribution in [0.5, 0.6) is 0 Å². The quantitative estimate of drug-likeness (QED) is 0.933. The summed E-state index contributed by atoms with van der Waals surface area (Å²) in [6.45, 7) is 2.12. The summed E-state index contributed by atoms with van der Waals surface area (Å²) in [7, 11) is 1.73. The molecule has 0 spiro atoms. The van der Waals surface area contributed by atoms with E-state index in [9.17, 15) is 4.79 Å². The molecule has 1 heterocycles. The Bertz CT molecular complexity index is 667. The number of carbonyl (C=O) groups is 1. The Morgan fingerprint density at radius 2 is 2.00 bits per heavy atom. The van der Waals surface area contributed by atoms with Gasteiger partial charge in [-0.15, -0.1) is 0 Å². The molecule has 1 aromatic heterocycles. The number of rotatable bonds is 3. The topological polar surface area (TPSA) is 46.9 Å². The maximum absolute atomic E-state index is 12.0. The minimum Gasteiger partial charge on any atom is -0.347 e. The van der Waals surface area contributed by atoms with Crippen LogP contribution in [0.15, 0.2) is 18.2 Å². The van der Waals surface area contributed by atoms with Gasteiger partial charge in [-0.05, 0) is 24.6 Å². The molecule has 106 valence electrons. The minimum atomic E-state index is -0.329. The Hall–Kier alpha value is -1.23. The summed E-state index contributed by atoms with van der Waals surface area (Å²) in [6.07, 6.45) is 0. The van der Waals surface area contributed by atoms with Gasteiger partial charge in [0.25, 0.3) is 5.91 Å². The molecule has 0 aliphatic rings. The van der Waals surface area contributed by atoms with Crippen LogP contribution in [0.2, 0.25) is 15.1 Å². The highest BCUT2D eigenvalue weighted by Gasteiger charge is 2.17. The van der Waals surface area contributed by atoms with E-state index < -0.39 is 0 Å². The van der Waals surface area contributed by atoms with Crippen LogP contribution >= 0.6 is 34.8 Å². The minimum absolute atomic E-state index is 0.215. The molecule has 0 aliphatic carbocycles. The molecule has 0 unspecified atom stereocenters. The monoisotopic (exact) mass is 331 g/mol. The Morgan fingerprint density at radius 1 is 1.30 bits per heavy atom. The number of benzene rings is 1. The Kier molecular flexibility index (Phi) is 4.58. The lowest BCUT2D eigenvalue weighted by molar-refractivity contribution is 0.0945. The Balaban J connectivity index is 2.08. The van der Waals surface area contributed by atoms with E-state index in [1.165, 1.54) is 0 Å². The first-order chi connectivity index (χ1) is 9.40. The number of nitrogens with one attached hydrogen (secondary N) is 1. The smallest absolute Gasteiger partial charge is 0.273 e. The third kappa shape index (κ3) is 3.08. The van der Waals surface area contributed by atoms with Crippen molar-refractivity contribution in [3.8, 4) is 0 Å². The first kappa shape index (κ1) is 15.2. The van der Waals surface area contributed by atoms with Crippen LogP contribution in [0.4, 0.5) is 0 Å². The lowest BCUT2D eigenvalue weighted by Crippen LogP contribution is -2.23. The summed E-state index contributed by atoms with van der Waals surface area (Å²) >= 11 is 17.8. The zero-order chi connectivity index (χ0) is 14.9. The maximum atomic E-state index is 12.0. The van der Waals surface area contributed by atoms with Crippen molar-refractivity contribution >= 4 is 40.7 Å². The highest BCUT2D eigenvalue weighted by molar-refractivity contribution is 6.42. The van der Waals surface area contributed by atoms with Crippen LogP contribution in [0.3, 0.4) is 0 Å². The number of aryl methyl sites for hydroxylation is 1. The van der Waals surface area contributed by atoms with Crippen molar-refractivity contribution in [2.75, 3.05) is 0 Å². The number of hydrogen-bond donors (Lipinski definition) is 1. The van der Waals surface area contributed by atoms with Crippen molar-refractivity contribution in [1.82, 2.24) is 15.1 Å². The largest absolute Gasteiger partial charge is 0.347 e. The number of aromatic nitrogens is 2. The van der Waals surface area contributed by atoms with Gasteiger partial charge in [-0.2, -0.15) is 5.10 Å². The van der Waals surface area contributed by atoms with Crippen LogP contribution in [0.25, 0.3) is 0 Å². The van der Waals surface area contributed by atoms with Crippen LogP contribution in [-0.2, 0) is 13.6 Å². The molecule has 1 amide bonds. The third-order valence-corrected chi connectivity index (χ3v) is 4.10. The lowest BCUT2D eigenvalue weighted by atomic mass is 10.2. The van der Waals surface area contributed by atoms with E-state index in [-0.39, 0.29) is 11.6 Å². The maximum Gasteiger partial charge on any atom is 0.273 e. The first-order valence-corrected chi connectivity index (χ1v) is 6.94. The first-order valence-electron chi connectivity index (χ1n) is 5.81. The second-order valence-electron chi connectivity index (χ2n) is 4.30. The molecule has 0 saturated carbocycles. The predicted molar refractivity (Wildman–Crippen MR) is 80.6 cm³/mol. The van der Waals surface area contributed by atoms with Gasteiger partial charge in [-0.25, -0.2) is 0 Å². The molecular formula is C13H12Cl3N3O. The molecule has 2 aromatic rings. The number of amides is 1. The van der Waals surface area contributed by atoms with E-state index in [4.69, 9.17) is 34.8 Å². The summed E-state index contributed by atoms with van der Waals surface area (Å²) in [5.41, 5.74) is 1.80. The van der Waals surface area contributed by atoms with Crippen LogP contribution in [-0.4, -0.2) is 15.7 Å². The van der Waals surface area contributed by atoms with Crippen LogP contribution < -0.4 is 5.32 Å². The fraction of sp³-hybridized carbons (Fsp3) is 0.231. The van der Waals surface area contributed by atoms with Gasteiger partial charge in [0.05, 0.1) is 20.8 Å². The highest BCUT2D eigenvalue weighted by Crippen LogP contribution is 2.23. The van der Waals surface area contributed by atoms with E-state index in [0.29, 0.717) is 21.6 Å². The SMILES string of the molecule is Cc1c(Cl)c(C(=O)NCc2ccc(Cl)c(Cl)c2)nn1C. The van der Waals surface area contributed by atoms with Gasteiger partial charge in [-0.3, -0.25) is 9.48 Å². The van der Waals surface area contributed by atoms with Gasteiger partial charge in [0, 0.05) is 13.6 Å². The summed E-state index contributed by atoms with van der Waals surface area (Å²) in [5, 5.41) is 8.11. The van der Waals surface area contributed by atoms with Gasteiger partial charge < -0.3 is 5.32 Å². The van der Waals surface area contributed by atoms with E-state index in [2.05, 4.69) is 10.4 Å². The fourth-order valence-corrected chi connectivity index (χ4v) is 2.21. The van der Waals surface area contributed by atoms with E-state index in [1.54, 1.807) is 36.9 Å². The summed E-state index contributed by atoms with van der Waals surface area (Å²) < 4.78 is 1.57. The molecule has 4 nitrogen and oxygen atoms in total. The van der Waals surface area contributed by atoms with E-state index in [0.717, 1.165) is 11.3 Å². The Labute approximate surface area is 131 Å². The zero-order valence-corrected chi connectivity index (χ0v) is 13.1. The number of nitrogens with zero attached hydrogens (tertiary/aromatic N) is 2. The molecule has 0 atom stereocenters. The van der Waals surface area contributed by atoms with Crippen LogP contribution in [0.1, 0.15) is 21.7 Å². The molecule has 0 fully saturated rings. The predicted octanol–water partition coefficient (Wildman–Crippen LogP) is 3.62. The normalized spacial score (nSPS) is 10.7. The van der Waals surface area contributed by atoms with Gasteiger partial charge in [0.1, 0.15) is 0 Å². The Morgan fingerprint density at radius 3 is 2.55 bits per heavy atom. The van der Waals surface area contributed by atoms with Crippen molar-refractivity contribution in [2.24, 2.45) is 7.05 Å². The van der Waals surface area contributed by atoms with Crippen molar-refractivity contribution in [2.45, 2.75) is 13.5 Å². The fourth-order valence-electron chi connectivity index (χ4n) is 1.64. The van der Waals surface area contributed by atoms with Crippen molar-refractivity contribution in [3.63, 3.8) is 0 Å². The van der Waals surface area contributed by atoms with Crippen LogP contribution in [0, 0.1) is 6.92 Å². The average molecular weight is 333 g/mol. The van der Waals surface area contributed by atoms with Crippen molar-refractivity contribution < 1.29 is 4.79 Å². The number of halogens is 3. The molecule has 1 aromatic carbocycles. The molecule has 0 radical (unpaired) electrons. The zero-order valence-electron chi connectivity index (χ0n) is 10.9. The van der Waals surface area contributed by atoms with Gasteiger partial charge in [0.2, 0.25) is 0 Å². The average Bonchev–Trinajstić information content (AvgIpc) is 2.67. The van der Waals surface area contributed by atoms with Gasteiger partial charge in [0.15, 0.2) is 5.69 Å². The molecule has 0 bridgehead atoms. The molecule has 7 heteroatoms. The second kappa shape index (κ2) is 6.04. The van der Waals surface area contributed by atoms with Crippen molar-refractivity contribution in [3.05, 3.63) is 50.2 Å². The summed E-state index contributed by atoms with van der Waals surface area (Å²) in [4.78, 5) is 12.0. The molecule has 1 N–H and O–H groups in total. The second-order valence-corrected chi connectivity index (χ2v) is 5.50. The summed E-state index contributed by atoms with van der Waals surface area (Å²) in [6, 6.07) is 5.18. The summed E-state index contributed by atoms with van der Waals surface area (Å²) in [5.74, 6) is -0.329. The van der Waals surface area contributed by atoms with Crippen molar-refractivity contribution in [1.29, 1.82) is 0 Å². The molecule has 0 saturated heterocycles. The third-order valence-electron chi connectivity index (χ3n) is 2.91. The standard InChI is InChI=1S/C13H12Cl3N3O/c1-7-11(16)12(18-19(7)2)13(20)17-6-8-3-4-9(14)10(15)5-8/h3-5H,6H2,1-2H3,(H,17,20). The van der Waals surface area contributed by atoms with Gasteiger partial charge >= 0.3 is 0 Å². The molecule has 2 rings (SSSR count). The molecular weight excluding hydrogens is 321 g/mol. The molecule has 0 aliphatic heterocycles. The number of carbonyl (C=O) groups excluding carboxylic acids is 1.